The number of esters is 1. The SMILES string of the molecule is COC(=O)c1ccc(F)c(NS(=O)(=O)c2sccc2Br)c1. The maximum absolute atomic E-state index is 13.7. The maximum atomic E-state index is 13.7. The number of carbonyl (C=O) groups is 1. The summed E-state index contributed by atoms with van der Waals surface area (Å²) in [5, 5.41) is 1.58. The molecule has 1 heterocycles. The summed E-state index contributed by atoms with van der Waals surface area (Å²) < 4.78 is 45.1. The molecule has 112 valence electrons. The summed E-state index contributed by atoms with van der Waals surface area (Å²) >= 11 is 4.09. The number of rotatable bonds is 4. The van der Waals surface area contributed by atoms with Crippen LogP contribution < -0.4 is 4.72 Å². The van der Waals surface area contributed by atoms with Crippen molar-refractivity contribution < 1.29 is 22.3 Å². The van der Waals surface area contributed by atoms with E-state index in [1.165, 1.54) is 13.2 Å². The van der Waals surface area contributed by atoms with E-state index >= 15 is 0 Å². The first-order chi connectivity index (χ1) is 9.85. The molecule has 1 aromatic carbocycles. The highest BCUT2D eigenvalue weighted by Gasteiger charge is 2.21. The van der Waals surface area contributed by atoms with Crippen LogP contribution in [-0.4, -0.2) is 21.5 Å². The van der Waals surface area contributed by atoms with E-state index in [1.54, 1.807) is 11.4 Å². The van der Waals surface area contributed by atoms with Crippen molar-refractivity contribution >= 4 is 48.9 Å². The summed E-state index contributed by atoms with van der Waals surface area (Å²) in [5.41, 5.74) is -0.278. The van der Waals surface area contributed by atoms with E-state index in [1.807, 2.05) is 0 Å². The normalized spacial score (nSPS) is 11.2. The minimum absolute atomic E-state index is 0.0189. The fourth-order valence-corrected chi connectivity index (χ4v) is 4.91. The van der Waals surface area contributed by atoms with Gasteiger partial charge in [0.05, 0.1) is 18.4 Å². The van der Waals surface area contributed by atoms with E-state index in [-0.39, 0.29) is 15.5 Å². The molecule has 2 rings (SSSR count). The number of nitrogens with one attached hydrogen (secondary N) is 1. The second-order valence-corrected chi connectivity index (χ2v) is 7.50. The van der Waals surface area contributed by atoms with E-state index in [0.717, 1.165) is 23.5 Å². The molecule has 0 fully saturated rings. The molecule has 0 bridgehead atoms. The van der Waals surface area contributed by atoms with E-state index in [0.29, 0.717) is 4.47 Å². The van der Waals surface area contributed by atoms with Crippen LogP contribution in [0.25, 0.3) is 0 Å². The van der Waals surface area contributed by atoms with Gasteiger partial charge in [0.2, 0.25) is 0 Å². The Hall–Kier alpha value is -1.45. The molecule has 0 atom stereocenters. The molecule has 0 saturated heterocycles. The maximum Gasteiger partial charge on any atom is 0.337 e. The Labute approximate surface area is 132 Å². The first-order valence-corrected chi connectivity index (χ1v) is 8.64. The van der Waals surface area contributed by atoms with Gasteiger partial charge < -0.3 is 4.74 Å². The Morgan fingerprint density at radius 1 is 1.38 bits per heavy atom. The van der Waals surface area contributed by atoms with Crippen LogP contribution in [0.2, 0.25) is 0 Å². The van der Waals surface area contributed by atoms with Crippen LogP contribution in [0.3, 0.4) is 0 Å². The number of anilines is 1. The molecule has 9 heteroatoms. The number of hydrogen-bond acceptors (Lipinski definition) is 5. The predicted molar refractivity (Wildman–Crippen MR) is 80.6 cm³/mol. The lowest BCUT2D eigenvalue weighted by atomic mass is 10.2. The minimum Gasteiger partial charge on any atom is -0.465 e. The van der Waals surface area contributed by atoms with E-state index in [2.05, 4.69) is 25.4 Å². The third-order valence-corrected chi connectivity index (χ3v) is 6.50. The minimum atomic E-state index is -3.94. The molecule has 5 nitrogen and oxygen atoms in total. The number of sulfonamides is 1. The second-order valence-electron chi connectivity index (χ2n) is 3.85. The molecule has 21 heavy (non-hydrogen) atoms. The second kappa shape index (κ2) is 6.12. The van der Waals surface area contributed by atoms with Crippen LogP contribution in [0, 0.1) is 5.82 Å². The number of methoxy groups -OCH3 is 1. The topological polar surface area (TPSA) is 72.5 Å². The van der Waals surface area contributed by atoms with Crippen molar-refractivity contribution in [3.05, 3.63) is 45.5 Å². The number of hydrogen-bond donors (Lipinski definition) is 1. The average molecular weight is 394 g/mol. The summed E-state index contributed by atoms with van der Waals surface area (Å²) in [6.45, 7) is 0. The Bertz CT molecular complexity index is 788. The highest BCUT2D eigenvalue weighted by molar-refractivity contribution is 9.10. The van der Waals surface area contributed by atoms with E-state index in [4.69, 9.17) is 0 Å². The van der Waals surface area contributed by atoms with Gasteiger partial charge in [-0.05, 0) is 45.6 Å². The first-order valence-electron chi connectivity index (χ1n) is 5.49. The molecule has 0 spiro atoms. The fraction of sp³-hybridized carbons (Fsp3) is 0.0833. The van der Waals surface area contributed by atoms with Gasteiger partial charge in [0.1, 0.15) is 5.82 Å². The number of thiophene rings is 1. The van der Waals surface area contributed by atoms with Crippen LogP contribution in [0.5, 0.6) is 0 Å². The molecule has 0 aliphatic carbocycles. The molecule has 0 aliphatic heterocycles. The van der Waals surface area contributed by atoms with Crippen molar-refractivity contribution in [3.8, 4) is 0 Å². The molecular weight excluding hydrogens is 385 g/mol. The van der Waals surface area contributed by atoms with E-state index < -0.39 is 21.8 Å². The highest BCUT2D eigenvalue weighted by Crippen LogP contribution is 2.30. The van der Waals surface area contributed by atoms with Crippen molar-refractivity contribution in [1.29, 1.82) is 0 Å². The molecule has 0 unspecified atom stereocenters. The van der Waals surface area contributed by atoms with Gasteiger partial charge in [0.15, 0.2) is 4.21 Å². The van der Waals surface area contributed by atoms with Gasteiger partial charge in [-0.2, -0.15) is 0 Å². The monoisotopic (exact) mass is 393 g/mol. The Morgan fingerprint density at radius 2 is 2.10 bits per heavy atom. The quantitative estimate of drug-likeness (QED) is 0.809. The highest BCUT2D eigenvalue weighted by atomic mass is 79.9. The zero-order valence-electron chi connectivity index (χ0n) is 10.6. The van der Waals surface area contributed by atoms with Gasteiger partial charge >= 0.3 is 5.97 Å². The van der Waals surface area contributed by atoms with Crippen LogP contribution in [0.1, 0.15) is 10.4 Å². The lowest BCUT2D eigenvalue weighted by Gasteiger charge is -2.09. The summed E-state index contributed by atoms with van der Waals surface area (Å²) in [5.74, 6) is -1.48. The van der Waals surface area contributed by atoms with Crippen molar-refractivity contribution in [1.82, 2.24) is 0 Å². The van der Waals surface area contributed by atoms with Gasteiger partial charge in [-0.25, -0.2) is 17.6 Å². The molecule has 0 amide bonds. The van der Waals surface area contributed by atoms with Crippen LogP contribution in [0.4, 0.5) is 10.1 Å². The first kappa shape index (κ1) is 15.9. The van der Waals surface area contributed by atoms with Gasteiger partial charge in [0, 0.05) is 4.47 Å². The lowest BCUT2D eigenvalue weighted by Crippen LogP contribution is -2.14. The Kier molecular flexibility index (Phi) is 4.64. The molecule has 1 aromatic heterocycles. The zero-order valence-corrected chi connectivity index (χ0v) is 13.8. The van der Waals surface area contributed by atoms with Gasteiger partial charge in [0.25, 0.3) is 10.0 Å². The third-order valence-electron chi connectivity index (χ3n) is 2.46. The molecule has 0 aliphatic rings. The molecule has 0 saturated carbocycles. The molecule has 1 N–H and O–H groups in total. The Morgan fingerprint density at radius 3 is 2.67 bits per heavy atom. The number of halogens is 2. The number of benzene rings is 1. The summed E-state index contributed by atoms with van der Waals surface area (Å²) in [4.78, 5) is 11.4. The summed E-state index contributed by atoms with van der Waals surface area (Å²) in [7, 11) is -2.76. The summed E-state index contributed by atoms with van der Waals surface area (Å²) in [6, 6.07) is 4.86. The van der Waals surface area contributed by atoms with E-state index in [9.17, 15) is 17.6 Å². The molecular formula is C12H9BrFNO4S2. The van der Waals surface area contributed by atoms with Crippen molar-refractivity contribution in [2.24, 2.45) is 0 Å². The van der Waals surface area contributed by atoms with Crippen molar-refractivity contribution in [2.75, 3.05) is 11.8 Å². The van der Waals surface area contributed by atoms with Crippen LogP contribution in [0.15, 0.2) is 38.3 Å². The smallest absolute Gasteiger partial charge is 0.337 e. The molecule has 0 radical (unpaired) electrons. The zero-order chi connectivity index (χ0) is 15.6. The predicted octanol–water partition coefficient (Wildman–Crippen LogP) is 3.24. The largest absolute Gasteiger partial charge is 0.465 e. The number of ether oxygens (including phenoxy) is 1. The van der Waals surface area contributed by atoms with Gasteiger partial charge in [-0.15, -0.1) is 11.3 Å². The fourth-order valence-electron chi connectivity index (χ4n) is 1.51. The van der Waals surface area contributed by atoms with Gasteiger partial charge in [-0.1, -0.05) is 0 Å². The third kappa shape index (κ3) is 3.42. The van der Waals surface area contributed by atoms with Crippen molar-refractivity contribution in [2.45, 2.75) is 4.21 Å². The lowest BCUT2D eigenvalue weighted by molar-refractivity contribution is 0.0600. The van der Waals surface area contributed by atoms with Crippen LogP contribution in [-0.2, 0) is 14.8 Å². The van der Waals surface area contributed by atoms with Crippen LogP contribution >= 0.6 is 27.3 Å². The standard InChI is InChI=1S/C12H9BrFNO4S2/c1-19-11(16)7-2-3-9(14)10(6-7)15-21(17,18)12-8(13)4-5-20-12/h2-6,15H,1H3. The summed E-state index contributed by atoms with van der Waals surface area (Å²) in [6.07, 6.45) is 0. The molecule has 2 aromatic rings. The average Bonchev–Trinajstić information content (AvgIpc) is 2.87. The number of carbonyl (C=O) groups excluding carboxylic acids is 1. The Balaban J connectivity index is 2.40. The van der Waals surface area contributed by atoms with Gasteiger partial charge in [-0.3, -0.25) is 4.72 Å². The van der Waals surface area contributed by atoms with Crippen molar-refractivity contribution in [3.63, 3.8) is 0 Å².